The topological polar surface area (TPSA) is 61.5 Å². The van der Waals surface area contributed by atoms with E-state index in [4.69, 9.17) is 9.72 Å². The molecule has 0 saturated heterocycles. The first-order valence-corrected chi connectivity index (χ1v) is 10.3. The van der Waals surface area contributed by atoms with Crippen LogP contribution >= 0.6 is 23.7 Å². The van der Waals surface area contributed by atoms with Crippen molar-refractivity contribution < 1.29 is 9.53 Å². The molecule has 2 aromatic heterocycles. The number of rotatable bonds is 6. The van der Waals surface area contributed by atoms with Crippen LogP contribution in [0.5, 0.6) is 5.75 Å². The fraction of sp³-hybridized carbons (Fsp3) is 0.273. The fourth-order valence-electron chi connectivity index (χ4n) is 3.36. The van der Waals surface area contributed by atoms with Crippen LogP contribution in [0.2, 0.25) is 0 Å². The highest BCUT2D eigenvalue weighted by molar-refractivity contribution is 7.22. The molecular formula is C22H25ClN4O2S. The number of para-hydroxylation sites is 1. The summed E-state index contributed by atoms with van der Waals surface area (Å²) in [6.07, 6.45) is 1.79. The molecule has 8 heteroatoms. The van der Waals surface area contributed by atoms with Crippen LogP contribution in [0.1, 0.15) is 15.9 Å². The van der Waals surface area contributed by atoms with Crippen LogP contribution in [0.15, 0.2) is 42.6 Å². The van der Waals surface area contributed by atoms with E-state index in [1.807, 2.05) is 50.5 Å². The van der Waals surface area contributed by atoms with Crippen molar-refractivity contribution in [2.24, 2.45) is 0 Å². The summed E-state index contributed by atoms with van der Waals surface area (Å²) in [5.41, 5.74) is 3.53. The van der Waals surface area contributed by atoms with Crippen LogP contribution in [-0.2, 0) is 0 Å². The molecule has 0 saturated carbocycles. The van der Waals surface area contributed by atoms with E-state index < -0.39 is 0 Å². The maximum atomic E-state index is 13.6. The number of carbonyl (C=O) groups excluding carboxylic acids is 1. The van der Waals surface area contributed by atoms with Gasteiger partial charge < -0.3 is 14.6 Å². The zero-order valence-electron chi connectivity index (χ0n) is 17.4. The third kappa shape index (κ3) is 4.01. The lowest BCUT2D eigenvalue weighted by atomic mass is 10.1. The molecule has 158 valence electrons. The normalized spacial score (nSPS) is 11.1. The van der Waals surface area contributed by atoms with Gasteiger partial charge in [0.25, 0.3) is 5.91 Å². The first-order chi connectivity index (χ1) is 14.0. The van der Waals surface area contributed by atoms with E-state index in [1.165, 1.54) is 11.3 Å². The Morgan fingerprint density at radius 3 is 2.67 bits per heavy atom. The van der Waals surface area contributed by atoms with Crippen molar-refractivity contribution in [2.45, 2.75) is 6.92 Å². The lowest BCUT2D eigenvalue weighted by Gasteiger charge is -2.21. The molecule has 0 aliphatic heterocycles. The monoisotopic (exact) mass is 444 g/mol. The summed E-state index contributed by atoms with van der Waals surface area (Å²) >= 11 is 1.53. The van der Waals surface area contributed by atoms with Crippen molar-refractivity contribution in [3.05, 3.63) is 53.7 Å². The van der Waals surface area contributed by atoms with Crippen LogP contribution in [0.25, 0.3) is 21.1 Å². The molecule has 4 rings (SSSR count). The van der Waals surface area contributed by atoms with Gasteiger partial charge in [-0.3, -0.25) is 9.69 Å². The maximum absolute atomic E-state index is 13.6. The highest BCUT2D eigenvalue weighted by atomic mass is 35.5. The van der Waals surface area contributed by atoms with Gasteiger partial charge in [-0.05, 0) is 38.7 Å². The number of thiazole rings is 1. The van der Waals surface area contributed by atoms with Gasteiger partial charge in [-0.15, -0.1) is 12.4 Å². The van der Waals surface area contributed by atoms with Crippen LogP contribution < -0.4 is 9.64 Å². The number of fused-ring (bicyclic) bond motifs is 2. The summed E-state index contributed by atoms with van der Waals surface area (Å²) in [5.74, 6) is 0.667. The number of aromatic amines is 1. The number of nitrogens with zero attached hydrogens (tertiary/aromatic N) is 3. The van der Waals surface area contributed by atoms with E-state index >= 15 is 0 Å². The van der Waals surface area contributed by atoms with E-state index in [9.17, 15) is 4.79 Å². The zero-order valence-corrected chi connectivity index (χ0v) is 19.1. The number of hydrogen-bond acceptors (Lipinski definition) is 5. The number of ether oxygens (including phenoxy) is 1. The Balaban J connectivity index is 0.00000256. The number of methoxy groups -OCH3 is 1. The molecule has 4 aromatic rings. The average molecular weight is 445 g/mol. The van der Waals surface area contributed by atoms with Crippen molar-refractivity contribution in [1.82, 2.24) is 14.9 Å². The second-order valence-electron chi connectivity index (χ2n) is 7.27. The van der Waals surface area contributed by atoms with E-state index in [1.54, 1.807) is 18.2 Å². The molecule has 0 fully saturated rings. The third-order valence-corrected chi connectivity index (χ3v) is 6.19. The zero-order chi connectivity index (χ0) is 20.5. The minimum absolute atomic E-state index is 0. The van der Waals surface area contributed by atoms with Crippen LogP contribution in [0.4, 0.5) is 5.13 Å². The second-order valence-corrected chi connectivity index (χ2v) is 8.24. The highest BCUT2D eigenvalue weighted by Gasteiger charge is 2.24. The van der Waals surface area contributed by atoms with Gasteiger partial charge in [-0.1, -0.05) is 35.6 Å². The predicted molar refractivity (Wildman–Crippen MR) is 127 cm³/mol. The van der Waals surface area contributed by atoms with Gasteiger partial charge in [0.15, 0.2) is 5.13 Å². The lowest BCUT2D eigenvalue weighted by molar-refractivity contribution is 0.0987. The molecule has 0 aliphatic rings. The van der Waals surface area contributed by atoms with E-state index in [-0.39, 0.29) is 18.3 Å². The average Bonchev–Trinajstić information content (AvgIpc) is 3.33. The van der Waals surface area contributed by atoms with E-state index in [0.717, 1.165) is 39.0 Å². The minimum atomic E-state index is -0.0556. The Kier molecular flexibility index (Phi) is 6.65. The molecule has 0 unspecified atom stereocenters. The predicted octanol–water partition coefficient (Wildman–Crippen LogP) is 4.72. The Hall–Kier alpha value is -2.61. The van der Waals surface area contributed by atoms with Gasteiger partial charge in [0.05, 0.1) is 17.4 Å². The molecule has 2 heterocycles. The number of H-pyrrole nitrogens is 1. The Morgan fingerprint density at radius 2 is 1.93 bits per heavy atom. The molecule has 30 heavy (non-hydrogen) atoms. The van der Waals surface area contributed by atoms with Crippen LogP contribution in [-0.4, -0.2) is 55.1 Å². The van der Waals surface area contributed by atoms with Crippen molar-refractivity contribution in [2.75, 3.05) is 39.2 Å². The van der Waals surface area contributed by atoms with E-state index in [0.29, 0.717) is 17.2 Å². The largest absolute Gasteiger partial charge is 0.494 e. The summed E-state index contributed by atoms with van der Waals surface area (Å²) in [4.78, 5) is 25.4. The van der Waals surface area contributed by atoms with E-state index in [2.05, 4.69) is 16.8 Å². The standard InChI is InChI=1S/C22H24N4O2S.ClH/c1-14-9-10-18(28-4)19-20(14)29-22(24-19)26(12-11-25(2)3)21(27)16-13-23-17-8-6-5-7-15(16)17;/h5-10,13,23H,11-12H2,1-4H3;1H. The minimum Gasteiger partial charge on any atom is -0.494 e. The fourth-order valence-corrected chi connectivity index (χ4v) is 4.43. The van der Waals surface area contributed by atoms with Gasteiger partial charge in [-0.2, -0.15) is 0 Å². The smallest absolute Gasteiger partial charge is 0.262 e. The first kappa shape index (κ1) is 22.1. The second kappa shape index (κ2) is 9.04. The summed E-state index contributed by atoms with van der Waals surface area (Å²) < 4.78 is 6.53. The van der Waals surface area contributed by atoms with Crippen molar-refractivity contribution in [3.63, 3.8) is 0 Å². The molecule has 0 bridgehead atoms. The molecule has 6 nitrogen and oxygen atoms in total. The Morgan fingerprint density at radius 1 is 1.17 bits per heavy atom. The number of nitrogens with one attached hydrogen (secondary N) is 1. The summed E-state index contributed by atoms with van der Waals surface area (Å²) in [6.45, 7) is 3.34. The molecule has 0 aliphatic carbocycles. The highest BCUT2D eigenvalue weighted by Crippen LogP contribution is 2.37. The first-order valence-electron chi connectivity index (χ1n) is 9.46. The van der Waals surface area contributed by atoms with Crippen molar-refractivity contribution in [1.29, 1.82) is 0 Å². The summed E-state index contributed by atoms with van der Waals surface area (Å²) in [6, 6.07) is 11.8. The van der Waals surface area contributed by atoms with Crippen molar-refractivity contribution in [3.8, 4) is 5.75 Å². The van der Waals surface area contributed by atoms with Gasteiger partial charge in [-0.25, -0.2) is 4.98 Å². The van der Waals surface area contributed by atoms with Crippen molar-refractivity contribution >= 4 is 55.9 Å². The molecule has 1 N–H and O–H groups in total. The van der Waals surface area contributed by atoms with Crippen LogP contribution in [0, 0.1) is 6.92 Å². The number of aryl methyl sites for hydroxylation is 1. The molecule has 2 aromatic carbocycles. The molecule has 1 amide bonds. The number of halogens is 1. The van der Waals surface area contributed by atoms with Gasteiger partial charge in [0, 0.05) is 30.2 Å². The Labute approximate surface area is 185 Å². The third-order valence-electron chi connectivity index (χ3n) is 4.98. The van der Waals surface area contributed by atoms with Crippen LogP contribution in [0.3, 0.4) is 0 Å². The molecular weight excluding hydrogens is 420 g/mol. The summed E-state index contributed by atoms with van der Waals surface area (Å²) in [7, 11) is 5.64. The van der Waals surface area contributed by atoms with Gasteiger partial charge >= 0.3 is 0 Å². The SMILES string of the molecule is COc1ccc(C)c2sc(N(CCN(C)C)C(=O)c3c[nH]c4ccccc34)nc12.Cl. The number of aromatic nitrogens is 2. The molecule has 0 atom stereocenters. The quantitative estimate of drug-likeness (QED) is 0.467. The molecule has 0 spiro atoms. The lowest BCUT2D eigenvalue weighted by Crippen LogP contribution is -2.36. The number of amides is 1. The number of hydrogen-bond donors (Lipinski definition) is 1. The summed E-state index contributed by atoms with van der Waals surface area (Å²) in [5, 5.41) is 1.60. The number of carbonyl (C=O) groups is 1. The Bertz CT molecular complexity index is 1180. The van der Waals surface area contributed by atoms with Gasteiger partial charge in [0.2, 0.25) is 0 Å². The maximum Gasteiger partial charge on any atom is 0.262 e. The molecule has 0 radical (unpaired) electrons. The van der Waals surface area contributed by atoms with Gasteiger partial charge in [0.1, 0.15) is 11.3 Å². The number of likely N-dealkylation sites (N-methyl/N-ethyl adjacent to an activating group) is 1. The number of anilines is 1. The number of benzene rings is 2.